The molecule has 0 saturated carbocycles. The van der Waals surface area contributed by atoms with Gasteiger partial charge in [-0.15, -0.1) is 5.10 Å². The maximum absolute atomic E-state index is 11.3. The molecule has 2 heterocycles. The molecule has 0 aliphatic carbocycles. The van der Waals surface area contributed by atoms with Gasteiger partial charge in [0, 0.05) is 13.6 Å². The predicted octanol–water partition coefficient (Wildman–Crippen LogP) is 1.68. The average molecular weight is 342 g/mol. The van der Waals surface area contributed by atoms with Gasteiger partial charge in [0.1, 0.15) is 11.4 Å². The number of anilines is 1. The molecular weight excluding hydrogens is 330 g/mol. The van der Waals surface area contributed by atoms with Crippen LogP contribution in [-0.4, -0.2) is 36.4 Å². The summed E-state index contributed by atoms with van der Waals surface area (Å²) >= 11 is 3.23. The molecule has 0 aromatic carbocycles. The summed E-state index contributed by atoms with van der Waals surface area (Å²) in [7, 11) is 1.64. The van der Waals surface area contributed by atoms with Gasteiger partial charge in [0.25, 0.3) is 0 Å². The standard InChI is InChI=1S/C10H12BrN7O2/c1-4-12-10-13-5(2)7(18(19)20)6(14-10)8-9(11)15-16-17(8)3/h4H2,1-3H3,(H,12,13,14). The fourth-order valence-corrected chi connectivity index (χ4v) is 2.29. The topological polar surface area (TPSA) is 112 Å². The van der Waals surface area contributed by atoms with E-state index >= 15 is 0 Å². The highest BCUT2D eigenvalue weighted by Crippen LogP contribution is 2.34. The van der Waals surface area contributed by atoms with Gasteiger partial charge < -0.3 is 5.32 Å². The van der Waals surface area contributed by atoms with Gasteiger partial charge in [-0.25, -0.2) is 14.6 Å². The molecule has 0 aliphatic rings. The van der Waals surface area contributed by atoms with Gasteiger partial charge in [-0.1, -0.05) is 5.21 Å². The normalized spacial score (nSPS) is 10.6. The third-order valence-electron chi connectivity index (χ3n) is 2.59. The molecule has 106 valence electrons. The van der Waals surface area contributed by atoms with Crippen LogP contribution in [0.4, 0.5) is 11.6 Å². The third-order valence-corrected chi connectivity index (χ3v) is 3.12. The average Bonchev–Trinajstić information content (AvgIpc) is 2.68. The van der Waals surface area contributed by atoms with Gasteiger partial charge in [0.2, 0.25) is 5.95 Å². The van der Waals surface area contributed by atoms with Gasteiger partial charge in [-0.2, -0.15) is 0 Å². The SMILES string of the molecule is CCNc1nc(C)c([N+](=O)[O-])c(-c2c(Br)nnn2C)n1. The van der Waals surface area contributed by atoms with E-state index in [0.29, 0.717) is 22.8 Å². The molecule has 0 fully saturated rings. The molecular formula is C10H12BrN7O2. The number of hydrogen-bond acceptors (Lipinski definition) is 7. The summed E-state index contributed by atoms with van der Waals surface area (Å²) in [5, 5.41) is 21.9. The first-order chi connectivity index (χ1) is 9.45. The van der Waals surface area contributed by atoms with E-state index in [1.54, 1.807) is 14.0 Å². The molecule has 2 aromatic heterocycles. The van der Waals surface area contributed by atoms with Crippen molar-refractivity contribution in [3.63, 3.8) is 0 Å². The van der Waals surface area contributed by atoms with Crippen molar-refractivity contribution in [3.8, 4) is 11.4 Å². The van der Waals surface area contributed by atoms with Gasteiger partial charge in [-0.05, 0) is 29.8 Å². The zero-order valence-corrected chi connectivity index (χ0v) is 12.7. The first-order valence-electron chi connectivity index (χ1n) is 5.78. The van der Waals surface area contributed by atoms with Crippen LogP contribution in [0.5, 0.6) is 0 Å². The van der Waals surface area contributed by atoms with E-state index in [1.165, 1.54) is 4.68 Å². The first-order valence-corrected chi connectivity index (χ1v) is 6.57. The maximum Gasteiger partial charge on any atom is 0.318 e. The van der Waals surface area contributed by atoms with Crippen LogP contribution in [0, 0.1) is 17.0 Å². The minimum absolute atomic E-state index is 0.155. The predicted molar refractivity (Wildman–Crippen MR) is 75.3 cm³/mol. The van der Waals surface area contributed by atoms with Crippen molar-refractivity contribution >= 4 is 27.6 Å². The Kier molecular flexibility index (Phi) is 3.93. The number of aryl methyl sites for hydroxylation is 2. The van der Waals surface area contributed by atoms with E-state index in [4.69, 9.17) is 0 Å². The molecule has 0 aliphatic heterocycles. The second kappa shape index (κ2) is 5.49. The summed E-state index contributed by atoms with van der Waals surface area (Å²) in [6, 6.07) is 0. The van der Waals surface area contributed by atoms with Crippen LogP contribution in [0.1, 0.15) is 12.6 Å². The van der Waals surface area contributed by atoms with Crippen LogP contribution in [0.3, 0.4) is 0 Å². The number of hydrogen-bond donors (Lipinski definition) is 1. The van der Waals surface area contributed by atoms with Gasteiger partial charge >= 0.3 is 5.69 Å². The number of nitrogens with zero attached hydrogens (tertiary/aromatic N) is 6. The largest absolute Gasteiger partial charge is 0.354 e. The van der Waals surface area contributed by atoms with E-state index in [2.05, 4.69) is 41.5 Å². The second-order valence-electron chi connectivity index (χ2n) is 3.97. The number of nitro groups is 1. The van der Waals surface area contributed by atoms with Crippen LogP contribution in [0.25, 0.3) is 11.4 Å². The lowest BCUT2D eigenvalue weighted by molar-refractivity contribution is -0.385. The van der Waals surface area contributed by atoms with E-state index < -0.39 is 4.92 Å². The molecule has 0 bridgehead atoms. The highest BCUT2D eigenvalue weighted by atomic mass is 79.9. The molecule has 9 nitrogen and oxygen atoms in total. The Labute approximate surface area is 122 Å². The molecule has 0 amide bonds. The van der Waals surface area contributed by atoms with Crippen molar-refractivity contribution in [2.45, 2.75) is 13.8 Å². The summed E-state index contributed by atoms with van der Waals surface area (Å²) in [5.41, 5.74) is 0.737. The zero-order chi connectivity index (χ0) is 14.9. The third kappa shape index (κ3) is 2.46. The lowest BCUT2D eigenvalue weighted by Gasteiger charge is -2.08. The minimum atomic E-state index is -0.500. The van der Waals surface area contributed by atoms with Crippen molar-refractivity contribution in [2.75, 3.05) is 11.9 Å². The summed E-state index contributed by atoms with van der Waals surface area (Å²) in [6.07, 6.45) is 0. The lowest BCUT2D eigenvalue weighted by Crippen LogP contribution is -2.09. The molecule has 2 aromatic rings. The highest BCUT2D eigenvalue weighted by molar-refractivity contribution is 9.10. The number of halogens is 1. The summed E-state index contributed by atoms with van der Waals surface area (Å²) in [4.78, 5) is 19.1. The summed E-state index contributed by atoms with van der Waals surface area (Å²) in [6.45, 7) is 4.07. The summed E-state index contributed by atoms with van der Waals surface area (Å²) < 4.78 is 1.82. The van der Waals surface area contributed by atoms with Crippen LogP contribution in [-0.2, 0) is 7.05 Å². The van der Waals surface area contributed by atoms with Gasteiger partial charge in [0.05, 0.1) is 4.92 Å². The monoisotopic (exact) mass is 341 g/mol. The summed E-state index contributed by atoms with van der Waals surface area (Å²) in [5.74, 6) is 0.332. The Hall–Kier alpha value is -2.10. The molecule has 20 heavy (non-hydrogen) atoms. The zero-order valence-electron chi connectivity index (χ0n) is 11.1. The molecule has 0 unspecified atom stereocenters. The van der Waals surface area contributed by atoms with E-state index in [-0.39, 0.29) is 17.1 Å². The number of nitrogens with one attached hydrogen (secondary N) is 1. The molecule has 2 rings (SSSR count). The Morgan fingerprint density at radius 2 is 2.15 bits per heavy atom. The quantitative estimate of drug-likeness (QED) is 0.664. The van der Waals surface area contributed by atoms with E-state index in [0.717, 1.165) is 0 Å². The Morgan fingerprint density at radius 3 is 2.65 bits per heavy atom. The lowest BCUT2D eigenvalue weighted by atomic mass is 10.2. The van der Waals surface area contributed by atoms with Crippen LogP contribution < -0.4 is 5.32 Å². The minimum Gasteiger partial charge on any atom is -0.354 e. The Balaban J connectivity index is 2.74. The highest BCUT2D eigenvalue weighted by Gasteiger charge is 2.27. The Bertz CT molecular complexity index is 650. The Morgan fingerprint density at radius 1 is 1.45 bits per heavy atom. The van der Waals surface area contributed by atoms with Crippen molar-refractivity contribution in [2.24, 2.45) is 7.05 Å². The van der Waals surface area contributed by atoms with Gasteiger partial charge in [0.15, 0.2) is 10.3 Å². The number of aromatic nitrogens is 5. The fraction of sp³-hybridized carbons (Fsp3) is 0.400. The van der Waals surface area contributed by atoms with Crippen LogP contribution >= 0.6 is 15.9 Å². The molecule has 1 N–H and O–H groups in total. The maximum atomic E-state index is 11.3. The van der Waals surface area contributed by atoms with Crippen molar-refractivity contribution in [1.29, 1.82) is 0 Å². The van der Waals surface area contributed by atoms with Crippen molar-refractivity contribution < 1.29 is 4.92 Å². The van der Waals surface area contributed by atoms with Crippen molar-refractivity contribution in [1.82, 2.24) is 25.0 Å². The number of rotatable bonds is 4. The fourth-order valence-electron chi connectivity index (χ4n) is 1.77. The van der Waals surface area contributed by atoms with Gasteiger partial charge in [-0.3, -0.25) is 10.1 Å². The molecule has 0 radical (unpaired) electrons. The second-order valence-corrected chi connectivity index (χ2v) is 4.72. The van der Waals surface area contributed by atoms with Crippen molar-refractivity contribution in [3.05, 3.63) is 20.4 Å². The molecule has 0 spiro atoms. The molecule has 10 heteroatoms. The van der Waals surface area contributed by atoms with Crippen LogP contribution in [0.15, 0.2) is 4.60 Å². The van der Waals surface area contributed by atoms with E-state index in [1.807, 2.05) is 6.92 Å². The molecule has 0 saturated heterocycles. The first kappa shape index (κ1) is 14.3. The van der Waals surface area contributed by atoms with E-state index in [9.17, 15) is 10.1 Å². The smallest absolute Gasteiger partial charge is 0.318 e. The molecule has 0 atom stereocenters. The van der Waals surface area contributed by atoms with Crippen LogP contribution in [0.2, 0.25) is 0 Å².